The van der Waals surface area contributed by atoms with Crippen LogP contribution >= 0.6 is 23.2 Å². The first-order chi connectivity index (χ1) is 20.8. The molecule has 0 spiro atoms. The Labute approximate surface area is 261 Å². The maximum atomic E-state index is 12.4. The zero-order chi connectivity index (χ0) is 31.5. The molecule has 0 aliphatic heterocycles. The predicted molar refractivity (Wildman–Crippen MR) is 166 cm³/mol. The number of allylic oxidation sites excluding steroid dienone is 2. The van der Waals surface area contributed by atoms with Gasteiger partial charge in [-0.05, 0) is 61.4 Å². The summed E-state index contributed by atoms with van der Waals surface area (Å²) in [6.45, 7) is 5.22. The first kappa shape index (κ1) is 35.5. The van der Waals surface area contributed by atoms with Gasteiger partial charge in [-0.25, -0.2) is 0 Å². The minimum atomic E-state index is -0.490. The molecule has 43 heavy (non-hydrogen) atoms. The molecule has 0 saturated heterocycles. The molecule has 0 atom stereocenters. The molecule has 0 bridgehead atoms. The standard InChI is InChI=1S/C31H36Cl2N2O8/c1-3-40-28-17-22(7-11-26(28)42-30(38)20-34-15-13-32)5-9-24(36)19-25(37)10-6-23-8-12-27(29(18-23)41-4-2)43-31(39)21-35-16-14-33/h5-12,17-18,34-35H,3-4,13-16,19-21H2,1-2H3/b9-5+,10-6+. The molecule has 0 fully saturated rings. The van der Waals surface area contributed by atoms with Crippen molar-refractivity contribution in [2.45, 2.75) is 20.3 Å². The number of ether oxygens (including phenoxy) is 4. The molecular weight excluding hydrogens is 599 g/mol. The van der Waals surface area contributed by atoms with Gasteiger partial charge in [-0.15, -0.1) is 23.2 Å². The SMILES string of the molecule is CCOc1cc(/C=C/C(=O)CC(=O)/C=C/c2ccc(OC(=O)CNCCCl)c(OCC)c2)ccc1OC(=O)CNCCCl. The van der Waals surface area contributed by atoms with E-state index in [0.717, 1.165) is 0 Å². The number of hydrogen-bond acceptors (Lipinski definition) is 10. The van der Waals surface area contributed by atoms with Crippen LogP contribution < -0.4 is 29.6 Å². The van der Waals surface area contributed by atoms with Gasteiger partial charge >= 0.3 is 11.9 Å². The largest absolute Gasteiger partial charge is 0.490 e. The molecular formula is C31H36Cl2N2O8. The molecule has 2 N–H and O–H groups in total. The Morgan fingerprint density at radius 3 is 1.47 bits per heavy atom. The van der Waals surface area contributed by atoms with Crippen molar-refractivity contribution in [1.82, 2.24) is 10.6 Å². The quantitative estimate of drug-likeness (QED) is 0.0546. The second kappa shape index (κ2) is 20.2. The van der Waals surface area contributed by atoms with Crippen molar-refractivity contribution < 1.29 is 38.1 Å². The Kier molecular flexibility index (Phi) is 16.7. The van der Waals surface area contributed by atoms with Gasteiger partial charge < -0.3 is 29.6 Å². The summed E-state index contributed by atoms with van der Waals surface area (Å²) in [4.78, 5) is 48.9. The second-order valence-electron chi connectivity index (χ2n) is 8.73. The molecule has 0 unspecified atom stereocenters. The summed E-state index contributed by atoms with van der Waals surface area (Å²) in [5.41, 5.74) is 1.25. The summed E-state index contributed by atoms with van der Waals surface area (Å²) in [7, 11) is 0. The Morgan fingerprint density at radius 2 is 1.09 bits per heavy atom. The number of nitrogens with one attached hydrogen (secondary N) is 2. The topological polar surface area (TPSA) is 129 Å². The highest BCUT2D eigenvalue weighted by atomic mass is 35.5. The van der Waals surface area contributed by atoms with E-state index in [9.17, 15) is 19.2 Å². The number of carbonyl (C=O) groups is 4. The van der Waals surface area contributed by atoms with Gasteiger partial charge in [-0.3, -0.25) is 19.2 Å². The molecule has 0 aliphatic rings. The summed E-state index contributed by atoms with van der Waals surface area (Å²) in [6.07, 6.45) is 5.37. The lowest BCUT2D eigenvalue weighted by molar-refractivity contribution is -0.134. The first-order valence-corrected chi connectivity index (χ1v) is 14.8. The van der Waals surface area contributed by atoms with Crippen molar-refractivity contribution in [3.8, 4) is 23.0 Å². The van der Waals surface area contributed by atoms with Crippen molar-refractivity contribution in [2.24, 2.45) is 0 Å². The second-order valence-corrected chi connectivity index (χ2v) is 9.49. The highest BCUT2D eigenvalue weighted by molar-refractivity contribution is 6.18. The van der Waals surface area contributed by atoms with Gasteiger partial charge in [-0.2, -0.15) is 0 Å². The average molecular weight is 636 g/mol. The third-order valence-corrected chi connectivity index (χ3v) is 5.71. The minimum absolute atomic E-state index is 0.000956. The Morgan fingerprint density at radius 1 is 0.674 bits per heavy atom. The first-order valence-electron chi connectivity index (χ1n) is 13.7. The molecule has 232 valence electrons. The number of halogens is 2. The maximum Gasteiger partial charge on any atom is 0.325 e. The maximum absolute atomic E-state index is 12.4. The van der Waals surface area contributed by atoms with Crippen LogP contribution in [0.5, 0.6) is 23.0 Å². The molecule has 2 aromatic carbocycles. The summed E-state index contributed by atoms with van der Waals surface area (Å²) in [5.74, 6) is 0.166. The van der Waals surface area contributed by atoms with Crippen LogP contribution in [0.2, 0.25) is 0 Å². The number of benzene rings is 2. The van der Waals surface area contributed by atoms with E-state index in [0.29, 0.717) is 60.7 Å². The number of ketones is 2. The lowest BCUT2D eigenvalue weighted by Crippen LogP contribution is -2.28. The van der Waals surface area contributed by atoms with Crippen LogP contribution in [0.3, 0.4) is 0 Å². The molecule has 0 radical (unpaired) electrons. The normalized spacial score (nSPS) is 11.1. The van der Waals surface area contributed by atoms with Crippen molar-refractivity contribution in [2.75, 3.05) is 51.2 Å². The van der Waals surface area contributed by atoms with Gasteiger partial charge in [0.15, 0.2) is 34.6 Å². The third-order valence-electron chi connectivity index (χ3n) is 5.34. The molecule has 12 heteroatoms. The predicted octanol–water partition coefficient (Wildman–Crippen LogP) is 4.21. The molecule has 0 heterocycles. The highest BCUT2D eigenvalue weighted by Gasteiger charge is 2.13. The Balaban J connectivity index is 1.98. The van der Waals surface area contributed by atoms with E-state index >= 15 is 0 Å². The van der Waals surface area contributed by atoms with E-state index in [4.69, 9.17) is 42.1 Å². The zero-order valence-electron chi connectivity index (χ0n) is 24.2. The van der Waals surface area contributed by atoms with Gasteiger partial charge in [0.1, 0.15) is 0 Å². The summed E-state index contributed by atoms with van der Waals surface area (Å²) < 4.78 is 21.9. The summed E-state index contributed by atoms with van der Waals surface area (Å²) >= 11 is 11.2. The van der Waals surface area contributed by atoms with E-state index in [1.54, 1.807) is 62.4 Å². The number of hydrogen-bond donors (Lipinski definition) is 2. The van der Waals surface area contributed by atoms with Crippen LogP contribution in [0.15, 0.2) is 48.6 Å². The van der Waals surface area contributed by atoms with Gasteiger partial charge in [0, 0.05) is 24.8 Å². The fourth-order valence-electron chi connectivity index (χ4n) is 3.46. The fraction of sp³-hybridized carbons (Fsp3) is 0.355. The molecule has 2 aromatic rings. The molecule has 0 amide bonds. The van der Waals surface area contributed by atoms with Crippen LogP contribution in [0.1, 0.15) is 31.4 Å². The van der Waals surface area contributed by atoms with E-state index in [1.165, 1.54) is 12.2 Å². The number of alkyl halides is 2. The number of esters is 2. The lowest BCUT2D eigenvalue weighted by atomic mass is 10.1. The third kappa shape index (κ3) is 13.9. The molecule has 0 aliphatic carbocycles. The van der Waals surface area contributed by atoms with Crippen molar-refractivity contribution in [3.05, 3.63) is 59.7 Å². The molecule has 10 nitrogen and oxygen atoms in total. The van der Waals surface area contributed by atoms with Gasteiger partial charge in [-0.1, -0.05) is 24.3 Å². The Hall–Kier alpha value is -3.70. The van der Waals surface area contributed by atoms with Crippen LogP contribution in [-0.2, 0) is 19.2 Å². The van der Waals surface area contributed by atoms with E-state index in [1.807, 2.05) is 0 Å². The van der Waals surface area contributed by atoms with E-state index in [2.05, 4.69) is 10.6 Å². The molecule has 2 rings (SSSR count). The van der Waals surface area contributed by atoms with Crippen molar-refractivity contribution in [3.63, 3.8) is 0 Å². The lowest BCUT2D eigenvalue weighted by Gasteiger charge is -2.11. The van der Waals surface area contributed by atoms with Crippen LogP contribution in [0, 0.1) is 0 Å². The van der Waals surface area contributed by atoms with Crippen molar-refractivity contribution in [1.29, 1.82) is 0 Å². The minimum Gasteiger partial charge on any atom is -0.490 e. The van der Waals surface area contributed by atoms with E-state index in [-0.39, 0.29) is 31.0 Å². The molecule has 0 saturated carbocycles. The monoisotopic (exact) mass is 634 g/mol. The smallest absolute Gasteiger partial charge is 0.325 e. The van der Waals surface area contributed by atoms with Crippen LogP contribution in [-0.4, -0.2) is 74.7 Å². The highest BCUT2D eigenvalue weighted by Crippen LogP contribution is 2.30. The molecule has 0 aromatic heterocycles. The average Bonchev–Trinajstić information content (AvgIpc) is 2.98. The Bertz CT molecular complexity index is 1200. The fourth-order valence-corrected chi connectivity index (χ4v) is 3.73. The summed E-state index contributed by atoms with van der Waals surface area (Å²) in [5, 5.41) is 5.70. The van der Waals surface area contributed by atoms with E-state index < -0.39 is 23.5 Å². The van der Waals surface area contributed by atoms with Crippen LogP contribution in [0.4, 0.5) is 0 Å². The van der Waals surface area contributed by atoms with Gasteiger partial charge in [0.2, 0.25) is 0 Å². The van der Waals surface area contributed by atoms with Crippen LogP contribution in [0.25, 0.3) is 12.2 Å². The number of carbonyl (C=O) groups excluding carboxylic acids is 4. The van der Waals surface area contributed by atoms with Crippen molar-refractivity contribution >= 4 is 58.9 Å². The zero-order valence-corrected chi connectivity index (χ0v) is 25.7. The van der Waals surface area contributed by atoms with Gasteiger partial charge in [0.05, 0.1) is 32.7 Å². The van der Waals surface area contributed by atoms with Gasteiger partial charge in [0.25, 0.3) is 0 Å². The number of rotatable bonds is 20. The summed E-state index contributed by atoms with van der Waals surface area (Å²) in [6, 6.07) is 9.74.